The molecule has 0 spiro atoms. The summed E-state index contributed by atoms with van der Waals surface area (Å²) in [4.78, 5) is 3.96. The molecule has 1 aromatic heterocycles. The highest BCUT2D eigenvalue weighted by Crippen LogP contribution is 2.25. The SMILES string of the molecule is CCN(Cc1cccs1)CC(CN)CC(C)(C)C. The summed E-state index contributed by atoms with van der Waals surface area (Å²) in [6.07, 6.45) is 1.20. The summed E-state index contributed by atoms with van der Waals surface area (Å²) in [5.41, 5.74) is 6.30. The fourth-order valence-electron chi connectivity index (χ4n) is 2.38. The Morgan fingerprint density at radius 3 is 2.56 bits per heavy atom. The number of hydrogen-bond donors (Lipinski definition) is 1. The van der Waals surface area contributed by atoms with Crippen molar-refractivity contribution in [2.75, 3.05) is 19.6 Å². The molecule has 0 bridgehead atoms. The second-order valence-electron chi connectivity index (χ2n) is 6.27. The zero-order valence-corrected chi connectivity index (χ0v) is 13.1. The van der Waals surface area contributed by atoms with Crippen LogP contribution in [0.15, 0.2) is 17.5 Å². The summed E-state index contributed by atoms with van der Waals surface area (Å²) in [6, 6.07) is 4.35. The molecular weight excluding hydrogens is 240 g/mol. The van der Waals surface area contributed by atoms with Crippen LogP contribution in [0.5, 0.6) is 0 Å². The molecule has 2 nitrogen and oxygen atoms in total. The predicted molar refractivity (Wildman–Crippen MR) is 81.9 cm³/mol. The lowest BCUT2D eigenvalue weighted by molar-refractivity contribution is 0.196. The van der Waals surface area contributed by atoms with Crippen LogP contribution in [-0.2, 0) is 6.54 Å². The third-order valence-corrected chi connectivity index (χ3v) is 4.02. The van der Waals surface area contributed by atoms with Crippen LogP contribution < -0.4 is 5.73 Å². The van der Waals surface area contributed by atoms with Crippen LogP contribution in [-0.4, -0.2) is 24.5 Å². The highest BCUT2D eigenvalue weighted by Gasteiger charge is 2.19. The standard InChI is InChI=1S/C15H28N2S/c1-5-17(12-14-7-6-8-18-14)11-13(10-16)9-15(2,3)4/h6-8,13H,5,9-12,16H2,1-4H3. The first-order valence-electron chi connectivity index (χ1n) is 6.89. The number of rotatable bonds is 7. The van der Waals surface area contributed by atoms with Gasteiger partial charge in [-0.05, 0) is 42.3 Å². The van der Waals surface area contributed by atoms with E-state index < -0.39 is 0 Å². The van der Waals surface area contributed by atoms with Gasteiger partial charge in [-0.15, -0.1) is 11.3 Å². The van der Waals surface area contributed by atoms with E-state index in [4.69, 9.17) is 5.73 Å². The summed E-state index contributed by atoms with van der Waals surface area (Å²) in [5.74, 6) is 0.602. The highest BCUT2D eigenvalue weighted by molar-refractivity contribution is 7.09. The van der Waals surface area contributed by atoms with Gasteiger partial charge >= 0.3 is 0 Å². The number of hydrogen-bond acceptors (Lipinski definition) is 3. The number of thiophene rings is 1. The molecule has 0 aliphatic carbocycles. The Labute approximate surface area is 116 Å². The van der Waals surface area contributed by atoms with Gasteiger partial charge in [0.1, 0.15) is 0 Å². The molecule has 0 aliphatic heterocycles. The summed E-state index contributed by atoms with van der Waals surface area (Å²) in [6.45, 7) is 13.2. The van der Waals surface area contributed by atoms with Crippen molar-refractivity contribution in [2.45, 2.75) is 40.7 Å². The molecule has 1 aromatic rings. The summed E-state index contributed by atoms with van der Waals surface area (Å²) in [5, 5.41) is 2.15. The highest BCUT2D eigenvalue weighted by atomic mass is 32.1. The van der Waals surface area contributed by atoms with E-state index >= 15 is 0 Å². The zero-order valence-electron chi connectivity index (χ0n) is 12.3. The topological polar surface area (TPSA) is 29.3 Å². The average Bonchev–Trinajstić information content (AvgIpc) is 2.78. The van der Waals surface area contributed by atoms with Crippen molar-refractivity contribution in [3.63, 3.8) is 0 Å². The van der Waals surface area contributed by atoms with E-state index in [0.717, 1.165) is 26.2 Å². The van der Waals surface area contributed by atoms with Gasteiger partial charge in [-0.1, -0.05) is 33.8 Å². The quantitative estimate of drug-likeness (QED) is 0.819. The summed E-state index contributed by atoms with van der Waals surface area (Å²) in [7, 11) is 0. The Bertz CT molecular complexity index is 314. The van der Waals surface area contributed by atoms with Gasteiger partial charge in [-0.2, -0.15) is 0 Å². The van der Waals surface area contributed by atoms with Crippen LogP contribution in [0.4, 0.5) is 0 Å². The largest absolute Gasteiger partial charge is 0.330 e. The minimum atomic E-state index is 0.367. The van der Waals surface area contributed by atoms with Gasteiger partial charge in [0.15, 0.2) is 0 Å². The maximum atomic E-state index is 5.93. The fourth-order valence-corrected chi connectivity index (χ4v) is 3.13. The van der Waals surface area contributed by atoms with Gasteiger partial charge in [-0.3, -0.25) is 4.90 Å². The minimum absolute atomic E-state index is 0.367. The molecule has 0 saturated heterocycles. The third kappa shape index (κ3) is 5.98. The van der Waals surface area contributed by atoms with Crippen molar-refractivity contribution in [1.82, 2.24) is 4.90 Å². The lowest BCUT2D eigenvalue weighted by atomic mass is 9.84. The maximum Gasteiger partial charge on any atom is 0.0327 e. The van der Waals surface area contributed by atoms with Crippen molar-refractivity contribution in [2.24, 2.45) is 17.1 Å². The van der Waals surface area contributed by atoms with E-state index in [1.165, 1.54) is 11.3 Å². The number of nitrogens with two attached hydrogens (primary N) is 1. The van der Waals surface area contributed by atoms with Crippen LogP contribution in [0.3, 0.4) is 0 Å². The van der Waals surface area contributed by atoms with E-state index in [1.807, 2.05) is 11.3 Å². The van der Waals surface area contributed by atoms with Gasteiger partial charge in [-0.25, -0.2) is 0 Å². The van der Waals surface area contributed by atoms with Gasteiger partial charge < -0.3 is 5.73 Å². The maximum absolute atomic E-state index is 5.93. The van der Waals surface area contributed by atoms with Gasteiger partial charge in [0.05, 0.1) is 0 Å². The van der Waals surface area contributed by atoms with Crippen LogP contribution in [0.2, 0.25) is 0 Å². The molecule has 0 saturated carbocycles. The van der Waals surface area contributed by atoms with Crippen molar-refractivity contribution >= 4 is 11.3 Å². The Morgan fingerprint density at radius 1 is 1.39 bits per heavy atom. The molecule has 1 heterocycles. The number of nitrogens with zero attached hydrogens (tertiary/aromatic N) is 1. The molecule has 2 N–H and O–H groups in total. The minimum Gasteiger partial charge on any atom is -0.330 e. The van der Waals surface area contributed by atoms with E-state index in [9.17, 15) is 0 Å². The first-order chi connectivity index (χ1) is 8.44. The average molecular weight is 268 g/mol. The summed E-state index contributed by atoms with van der Waals surface area (Å²) >= 11 is 1.84. The van der Waals surface area contributed by atoms with Crippen LogP contribution in [0, 0.1) is 11.3 Å². The molecule has 0 fully saturated rings. The molecule has 0 aliphatic rings. The molecule has 0 amide bonds. The van der Waals surface area contributed by atoms with Gasteiger partial charge in [0.25, 0.3) is 0 Å². The van der Waals surface area contributed by atoms with E-state index in [-0.39, 0.29) is 0 Å². The third-order valence-electron chi connectivity index (χ3n) is 3.16. The fraction of sp³-hybridized carbons (Fsp3) is 0.733. The predicted octanol–water partition coefficient (Wildman–Crippen LogP) is 3.58. The normalized spacial score (nSPS) is 14.1. The van der Waals surface area contributed by atoms with Crippen LogP contribution in [0.25, 0.3) is 0 Å². The Kier molecular flexibility index (Phi) is 6.33. The lowest BCUT2D eigenvalue weighted by Gasteiger charge is -2.30. The van der Waals surface area contributed by atoms with Crippen molar-refractivity contribution in [1.29, 1.82) is 0 Å². The van der Waals surface area contributed by atoms with Crippen molar-refractivity contribution in [3.8, 4) is 0 Å². The molecule has 1 rings (SSSR count). The van der Waals surface area contributed by atoms with Crippen LogP contribution in [0.1, 0.15) is 39.0 Å². The molecule has 18 heavy (non-hydrogen) atoms. The second-order valence-corrected chi connectivity index (χ2v) is 7.31. The van der Waals surface area contributed by atoms with Crippen molar-refractivity contribution in [3.05, 3.63) is 22.4 Å². The van der Waals surface area contributed by atoms with Crippen molar-refractivity contribution < 1.29 is 0 Å². The van der Waals surface area contributed by atoms with E-state index in [0.29, 0.717) is 11.3 Å². The molecule has 3 heteroatoms. The Balaban J connectivity index is 2.49. The summed E-state index contributed by atoms with van der Waals surface area (Å²) < 4.78 is 0. The van der Waals surface area contributed by atoms with Gasteiger partial charge in [0.2, 0.25) is 0 Å². The van der Waals surface area contributed by atoms with Gasteiger partial charge in [0, 0.05) is 18.0 Å². The van der Waals surface area contributed by atoms with Crippen LogP contribution >= 0.6 is 11.3 Å². The second kappa shape index (κ2) is 7.27. The monoisotopic (exact) mass is 268 g/mol. The Morgan fingerprint density at radius 2 is 2.11 bits per heavy atom. The molecular formula is C15H28N2S. The lowest BCUT2D eigenvalue weighted by Crippen LogP contribution is -2.34. The molecule has 0 aromatic carbocycles. The Hall–Kier alpha value is -0.380. The smallest absolute Gasteiger partial charge is 0.0327 e. The first-order valence-corrected chi connectivity index (χ1v) is 7.77. The first kappa shape index (κ1) is 15.7. The molecule has 104 valence electrons. The zero-order chi connectivity index (χ0) is 13.6. The van der Waals surface area contributed by atoms with E-state index in [2.05, 4.69) is 50.1 Å². The molecule has 1 atom stereocenters. The molecule has 1 unspecified atom stereocenters. The molecule has 0 radical (unpaired) electrons. The van der Waals surface area contributed by atoms with E-state index in [1.54, 1.807) is 0 Å².